The molecule has 0 bridgehead atoms. The van der Waals surface area contributed by atoms with Crippen molar-refractivity contribution in [3.63, 3.8) is 0 Å². The molecule has 1 aromatic carbocycles. The minimum Gasteiger partial charge on any atom is -0.373 e. The Balaban J connectivity index is 1.86. The maximum Gasteiger partial charge on any atom is 0.225 e. The lowest BCUT2D eigenvalue weighted by atomic mass is 9.96. The van der Waals surface area contributed by atoms with E-state index in [1.165, 1.54) is 32.1 Å². The van der Waals surface area contributed by atoms with E-state index < -0.39 is 0 Å². The van der Waals surface area contributed by atoms with Gasteiger partial charge in [-0.1, -0.05) is 49.6 Å². The van der Waals surface area contributed by atoms with Gasteiger partial charge in [0.1, 0.15) is 5.82 Å². The minimum atomic E-state index is 0.509. The summed E-state index contributed by atoms with van der Waals surface area (Å²) in [5.74, 6) is 1.58. The molecular weight excluding hydrogens is 260 g/mol. The number of nitrogens with zero attached hydrogens (tertiary/aromatic N) is 2. The monoisotopic (exact) mass is 282 g/mol. The summed E-state index contributed by atoms with van der Waals surface area (Å²) in [7, 11) is 1.89. The zero-order chi connectivity index (χ0) is 14.5. The first kappa shape index (κ1) is 13.9. The van der Waals surface area contributed by atoms with Crippen LogP contribution in [-0.4, -0.2) is 23.1 Å². The van der Waals surface area contributed by atoms with Gasteiger partial charge in [-0.05, 0) is 12.8 Å². The van der Waals surface area contributed by atoms with Gasteiger partial charge in [-0.15, -0.1) is 0 Å². The highest BCUT2D eigenvalue weighted by atomic mass is 15.1. The highest BCUT2D eigenvalue weighted by molar-refractivity contribution is 5.64. The quantitative estimate of drug-likeness (QED) is 0.892. The van der Waals surface area contributed by atoms with Crippen molar-refractivity contribution in [2.75, 3.05) is 17.7 Å². The molecule has 1 fully saturated rings. The topological polar surface area (TPSA) is 49.8 Å². The summed E-state index contributed by atoms with van der Waals surface area (Å²) in [6.07, 6.45) is 6.39. The molecule has 4 heteroatoms. The molecule has 0 atom stereocenters. The summed E-state index contributed by atoms with van der Waals surface area (Å²) in [6.45, 7) is 0. The van der Waals surface area contributed by atoms with Crippen LogP contribution in [0.5, 0.6) is 0 Å². The van der Waals surface area contributed by atoms with E-state index in [4.69, 9.17) is 0 Å². The first-order chi connectivity index (χ1) is 10.3. The van der Waals surface area contributed by atoms with Crippen molar-refractivity contribution in [2.45, 2.75) is 38.1 Å². The lowest BCUT2D eigenvalue weighted by Gasteiger charge is -2.23. The molecule has 2 aromatic rings. The van der Waals surface area contributed by atoms with Crippen molar-refractivity contribution in [1.29, 1.82) is 0 Å². The first-order valence-corrected chi connectivity index (χ1v) is 7.74. The van der Waals surface area contributed by atoms with Crippen LogP contribution >= 0.6 is 0 Å². The summed E-state index contributed by atoms with van der Waals surface area (Å²) < 4.78 is 0. The van der Waals surface area contributed by atoms with Crippen molar-refractivity contribution in [3.05, 3.63) is 36.4 Å². The van der Waals surface area contributed by atoms with E-state index in [9.17, 15) is 0 Å². The lowest BCUT2D eigenvalue weighted by Crippen LogP contribution is -2.23. The number of hydrogen-bond acceptors (Lipinski definition) is 4. The summed E-state index contributed by atoms with van der Waals surface area (Å²) in [5, 5.41) is 6.63. The third kappa shape index (κ3) is 3.51. The Hall–Kier alpha value is -2.10. The van der Waals surface area contributed by atoms with Gasteiger partial charge in [0.25, 0.3) is 0 Å². The van der Waals surface area contributed by atoms with Gasteiger partial charge in [0.05, 0.1) is 5.69 Å². The van der Waals surface area contributed by atoms with Gasteiger partial charge in [0, 0.05) is 24.7 Å². The molecule has 1 aromatic heterocycles. The van der Waals surface area contributed by atoms with Crippen LogP contribution in [0.25, 0.3) is 11.3 Å². The van der Waals surface area contributed by atoms with Crippen LogP contribution in [-0.2, 0) is 0 Å². The smallest absolute Gasteiger partial charge is 0.225 e. The fourth-order valence-corrected chi connectivity index (χ4v) is 2.83. The molecule has 21 heavy (non-hydrogen) atoms. The van der Waals surface area contributed by atoms with Gasteiger partial charge in [-0.2, -0.15) is 4.98 Å². The Morgan fingerprint density at radius 3 is 2.48 bits per heavy atom. The van der Waals surface area contributed by atoms with Crippen molar-refractivity contribution in [2.24, 2.45) is 0 Å². The molecule has 1 heterocycles. The van der Waals surface area contributed by atoms with E-state index in [1.807, 2.05) is 31.3 Å². The molecule has 0 aliphatic heterocycles. The molecule has 1 aliphatic carbocycles. The molecule has 0 saturated heterocycles. The maximum absolute atomic E-state index is 4.68. The van der Waals surface area contributed by atoms with Crippen LogP contribution < -0.4 is 10.6 Å². The van der Waals surface area contributed by atoms with Gasteiger partial charge in [0.15, 0.2) is 0 Å². The molecule has 0 radical (unpaired) electrons. The number of hydrogen-bond donors (Lipinski definition) is 2. The molecule has 0 amide bonds. The summed E-state index contributed by atoms with van der Waals surface area (Å²) >= 11 is 0. The van der Waals surface area contributed by atoms with Crippen molar-refractivity contribution in [1.82, 2.24) is 9.97 Å². The van der Waals surface area contributed by atoms with Crippen molar-refractivity contribution < 1.29 is 0 Å². The van der Waals surface area contributed by atoms with Crippen LogP contribution in [0.3, 0.4) is 0 Å². The van der Waals surface area contributed by atoms with E-state index in [1.54, 1.807) is 0 Å². The van der Waals surface area contributed by atoms with Gasteiger partial charge in [-0.25, -0.2) is 4.98 Å². The Bertz CT molecular complexity index is 577. The zero-order valence-electron chi connectivity index (χ0n) is 12.5. The first-order valence-electron chi connectivity index (χ1n) is 7.74. The van der Waals surface area contributed by atoms with Gasteiger partial charge >= 0.3 is 0 Å². The van der Waals surface area contributed by atoms with Crippen LogP contribution in [0, 0.1) is 0 Å². The van der Waals surface area contributed by atoms with Gasteiger partial charge < -0.3 is 10.6 Å². The third-order valence-corrected chi connectivity index (χ3v) is 3.99. The largest absolute Gasteiger partial charge is 0.373 e. The normalized spacial score (nSPS) is 15.7. The van der Waals surface area contributed by atoms with Crippen LogP contribution in [0.2, 0.25) is 0 Å². The van der Waals surface area contributed by atoms with Crippen LogP contribution in [0.15, 0.2) is 36.4 Å². The molecule has 110 valence electrons. The summed E-state index contributed by atoms with van der Waals surface area (Å²) in [5.41, 5.74) is 2.07. The van der Waals surface area contributed by atoms with Crippen molar-refractivity contribution in [3.8, 4) is 11.3 Å². The average molecular weight is 282 g/mol. The molecule has 4 nitrogen and oxygen atoms in total. The number of benzene rings is 1. The minimum absolute atomic E-state index is 0.509. The highest BCUT2D eigenvalue weighted by Crippen LogP contribution is 2.24. The SMILES string of the molecule is CNc1cc(-c2ccccc2)nc(NC2CCCCC2)n1. The zero-order valence-corrected chi connectivity index (χ0v) is 12.5. The standard InChI is InChI=1S/C17H22N4/c1-18-16-12-15(13-8-4-2-5-9-13)20-17(21-16)19-14-10-6-3-7-11-14/h2,4-5,8-9,12,14H,3,6-7,10-11H2,1H3,(H2,18,19,20,21). The van der Waals surface area contributed by atoms with Gasteiger partial charge in [-0.3, -0.25) is 0 Å². The second-order valence-electron chi connectivity index (χ2n) is 5.56. The second-order valence-corrected chi connectivity index (χ2v) is 5.56. The van der Waals surface area contributed by atoms with Crippen molar-refractivity contribution >= 4 is 11.8 Å². The second kappa shape index (κ2) is 6.57. The van der Waals surface area contributed by atoms with E-state index in [0.29, 0.717) is 6.04 Å². The molecule has 1 saturated carbocycles. The van der Waals surface area contributed by atoms with Crippen LogP contribution in [0.4, 0.5) is 11.8 Å². The summed E-state index contributed by atoms with van der Waals surface area (Å²) in [6, 6.07) is 12.7. The fourth-order valence-electron chi connectivity index (χ4n) is 2.83. The van der Waals surface area contributed by atoms with E-state index in [2.05, 4.69) is 32.7 Å². The Labute approximate surface area is 126 Å². The maximum atomic E-state index is 4.68. The lowest BCUT2D eigenvalue weighted by molar-refractivity contribution is 0.461. The Morgan fingerprint density at radius 1 is 1.00 bits per heavy atom. The van der Waals surface area contributed by atoms with E-state index in [-0.39, 0.29) is 0 Å². The Kier molecular flexibility index (Phi) is 4.34. The van der Waals surface area contributed by atoms with Gasteiger partial charge in [0.2, 0.25) is 5.95 Å². The number of aromatic nitrogens is 2. The molecule has 3 rings (SSSR count). The predicted octanol–water partition coefficient (Wildman–Crippen LogP) is 3.93. The number of rotatable bonds is 4. The average Bonchev–Trinajstić information content (AvgIpc) is 2.56. The van der Waals surface area contributed by atoms with E-state index >= 15 is 0 Å². The van der Waals surface area contributed by atoms with Crippen LogP contribution in [0.1, 0.15) is 32.1 Å². The number of anilines is 2. The molecule has 2 N–H and O–H groups in total. The third-order valence-electron chi connectivity index (χ3n) is 3.99. The molecule has 0 spiro atoms. The fraction of sp³-hybridized carbons (Fsp3) is 0.412. The predicted molar refractivity (Wildman–Crippen MR) is 87.5 cm³/mol. The summed E-state index contributed by atoms with van der Waals surface area (Å²) in [4.78, 5) is 9.22. The Morgan fingerprint density at radius 2 is 1.76 bits per heavy atom. The molecule has 1 aliphatic rings. The highest BCUT2D eigenvalue weighted by Gasteiger charge is 2.15. The molecule has 0 unspecified atom stereocenters. The molecular formula is C17H22N4. The number of nitrogens with one attached hydrogen (secondary N) is 2. The van der Waals surface area contributed by atoms with E-state index in [0.717, 1.165) is 23.0 Å².